The number of furan rings is 1. The fraction of sp³-hybridized carbons (Fsp3) is 0.176. The van der Waals surface area contributed by atoms with E-state index in [0.29, 0.717) is 30.0 Å². The van der Waals surface area contributed by atoms with E-state index in [1.807, 2.05) is 0 Å². The number of carbonyl (C=O) groups is 1. The molecule has 0 atom stereocenters. The number of nitrogens with zero attached hydrogens (tertiary/aromatic N) is 1. The van der Waals surface area contributed by atoms with Crippen LogP contribution in [-0.2, 0) is 6.42 Å². The fourth-order valence-corrected chi connectivity index (χ4v) is 2.20. The summed E-state index contributed by atoms with van der Waals surface area (Å²) >= 11 is 0. The maximum absolute atomic E-state index is 13.8. The average Bonchev–Trinajstić information content (AvgIpc) is 3.18. The minimum absolute atomic E-state index is 0.243. The maximum atomic E-state index is 13.8. The highest BCUT2D eigenvalue weighted by Crippen LogP contribution is 2.24. The SMILES string of the molecule is Cc1oc(-c2ccccc2F)nc1CCNC(=O)c1ccco1. The van der Waals surface area contributed by atoms with Crippen molar-refractivity contribution in [1.29, 1.82) is 0 Å². The lowest BCUT2D eigenvalue weighted by Crippen LogP contribution is -2.25. The van der Waals surface area contributed by atoms with Gasteiger partial charge in [-0.15, -0.1) is 0 Å². The number of rotatable bonds is 5. The summed E-state index contributed by atoms with van der Waals surface area (Å²) in [5.41, 5.74) is 1.00. The lowest BCUT2D eigenvalue weighted by Gasteiger charge is -2.01. The summed E-state index contributed by atoms with van der Waals surface area (Å²) in [7, 11) is 0. The zero-order valence-electron chi connectivity index (χ0n) is 12.5. The number of oxazole rings is 1. The molecule has 3 aromatic rings. The van der Waals surface area contributed by atoms with Gasteiger partial charge in [-0.05, 0) is 31.2 Å². The smallest absolute Gasteiger partial charge is 0.286 e. The molecule has 1 aromatic carbocycles. The van der Waals surface area contributed by atoms with Crippen molar-refractivity contribution >= 4 is 5.91 Å². The normalized spacial score (nSPS) is 10.7. The number of amides is 1. The van der Waals surface area contributed by atoms with Crippen molar-refractivity contribution in [2.24, 2.45) is 0 Å². The molecule has 2 heterocycles. The molecule has 0 aliphatic carbocycles. The van der Waals surface area contributed by atoms with E-state index < -0.39 is 0 Å². The van der Waals surface area contributed by atoms with Crippen LogP contribution in [0.15, 0.2) is 51.5 Å². The van der Waals surface area contributed by atoms with Crippen LogP contribution >= 0.6 is 0 Å². The molecular formula is C17H15FN2O3. The van der Waals surface area contributed by atoms with E-state index in [4.69, 9.17) is 8.83 Å². The van der Waals surface area contributed by atoms with Gasteiger partial charge in [-0.2, -0.15) is 0 Å². The number of hydrogen-bond acceptors (Lipinski definition) is 4. The monoisotopic (exact) mass is 314 g/mol. The molecule has 0 aliphatic heterocycles. The summed E-state index contributed by atoms with van der Waals surface area (Å²) in [6, 6.07) is 9.55. The van der Waals surface area contributed by atoms with Crippen LogP contribution in [0.3, 0.4) is 0 Å². The molecule has 0 saturated carbocycles. The quantitative estimate of drug-likeness (QED) is 0.784. The van der Waals surface area contributed by atoms with Crippen molar-refractivity contribution in [2.45, 2.75) is 13.3 Å². The van der Waals surface area contributed by atoms with Crippen molar-refractivity contribution in [1.82, 2.24) is 10.3 Å². The Labute approximate surface area is 132 Å². The molecule has 1 N–H and O–H groups in total. The Morgan fingerprint density at radius 2 is 2.09 bits per heavy atom. The van der Waals surface area contributed by atoms with Gasteiger partial charge in [0.2, 0.25) is 5.89 Å². The van der Waals surface area contributed by atoms with E-state index in [1.54, 1.807) is 37.3 Å². The number of aryl methyl sites for hydroxylation is 1. The van der Waals surface area contributed by atoms with Crippen LogP contribution in [0.25, 0.3) is 11.5 Å². The van der Waals surface area contributed by atoms with Crippen molar-refractivity contribution in [3.8, 4) is 11.5 Å². The van der Waals surface area contributed by atoms with Gasteiger partial charge in [-0.1, -0.05) is 12.1 Å². The fourth-order valence-electron chi connectivity index (χ4n) is 2.20. The predicted molar refractivity (Wildman–Crippen MR) is 81.4 cm³/mol. The molecule has 23 heavy (non-hydrogen) atoms. The van der Waals surface area contributed by atoms with Gasteiger partial charge in [0.25, 0.3) is 5.91 Å². The van der Waals surface area contributed by atoms with Crippen LogP contribution in [-0.4, -0.2) is 17.4 Å². The van der Waals surface area contributed by atoms with Crippen LogP contribution in [0.2, 0.25) is 0 Å². The van der Waals surface area contributed by atoms with Gasteiger partial charge in [-0.3, -0.25) is 4.79 Å². The number of halogens is 1. The molecule has 0 aliphatic rings. The second-order valence-corrected chi connectivity index (χ2v) is 4.98. The highest BCUT2D eigenvalue weighted by molar-refractivity contribution is 5.91. The molecule has 5 nitrogen and oxygen atoms in total. The first-order valence-electron chi connectivity index (χ1n) is 7.18. The van der Waals surface area contributed by atoms with Gasteiger partial charge < -0.3 is 14.2 Å². The Hall–Kier alpha value is -2.89. The molecule has 3 rings (SSSR count). The van der Waals surface area contributed by atoms with E-state index >= 15 is 0 Å². The number of carbonyl (C=O) groups excluding carboxylic acids is 1. The molecule has 2 aromatic heterocycles. The topological polar surface area (TPSA) is 68.3 Å². The first-order valence-corrected chi connectivity index (χ1v) is 7.18. The molecule has 0 bridgehead atoms. The number of nitrogens with one attached hydrogen (secondary N) is 1. The number of benzene rings is 1. The lowest BCUT2D eigenvalue weighted by atomic mass is 10.2. The molecule has 0 fully saturated rings. The zero-order valence-corrected chi connectivity index (χ0v) is 12.5. The standard InChI is InChI=1S/C17H15FN2O3/c1-11-14(8-9-19-16(21)15-7-4-10-22-15)20-17(23-11)12-5-2-3-6-13(12)18/h2-7,10H,8-9H2,1H3,(H,19,21). The summed E-state index contributed by atoms with van der Waals surface area (Å²) in [6.45, 7) is 2.14. The second-order valence-electron chi connectivity index (χ2n) is 4.98. The summed E-state index contributed by atoms with van der Waals surface area (Å²) in [4.78, 5) is 16.1. The largest absolute Gasteiger partial charge is 0.459 e. The van der Waals surface area contributed by atoms with E-state index in [0.717, 1.165) is 0 Å². The van der Waals surface area contributed by atoms with Crippen LogP contribution < -0.4 is 5.32 Å². The van der Waals surface area contributed by atoms with Gasteiger partial charge >= 0.3 is 0 Å². The summed E-state index contributed by atoms with van der Waals surface area (Å²) in [5, 5.41) is 2.73. The van der Waals surface area contributed by atoms with E-state index in [-0.39, 0.29) is 23.4 Å². The molecule has 0 radical (unpaired) electrons. The Morgan fingerprint density at radius 3 is 2.83 bits per heavy atom. The van der Waals surface area contributed by atoms with E-state index in [1.165, 1.54) is 12.3 Å². The van der Waals surface area contributed by atoms with Crippen molar-refractivity contribution in [3.63, 3.8) is 0 Å². The van der Waals surface area contributed by atoms with Gasteiger partial charge in [0.15, 0.2) is 5.76 Å². The lowest BCUT2D eigenvalue weighted by molar-refractivity contribution is 0.0926. The third-order valence-electron chi connectivity index (χ3n) is 3.39. The van der Waals surface area contributed by atoms with Crippen LogP contribution in [0.5, 0.6) is 0 Å². The third kappa shape index (κ3) is 3.31. The summed E-state index contributed by atoms with van der Waals surface area (Å²) in [5.74, 6) is 0.439. The molecular weight excluding hydrogens is 299 g/mol. The predicted octanol–water partition coefficient (Wildman–Crippen LogP) is 3.35. The van der Waals surface area contributed by atoms with E-state index in [9.17, 15) is 9.18 Å². The van der Waals surface area contributed by atoms with Gasteiger partial charge in [0.05, 0.1) is 17.5 Å². The number of hydrogen-bond donors (Lipinski definition) is 1. The first kappa shape index (κ1) is 15.0. The van der Waals surface area contributed by atoms with Crippen LogP contribution in [0.4, 0.5) is 4.39 Å². The molecule has 0 saturated heterocycles. The maximum Gasteiger partial charge on any atom is 0.286 e. The minimum Gasteiger partial charge on any atom is -0.459 e. The van der Waals surface area contributed by atoms with Crippen molar-refractivity contribution < 1.29 is 18.0 Å². The minimum atomic E-state index is -0.383. The Morgan fingerprint density at radius 1 is 1.26 bits per heavy atom. The van der Waals surface area contributed by atoms with E-state index in [2.05, 4.69) is 10.3 Å². The molecule has 1 amide bonds. The third-order valence-corrected chi connectivity index (χ3v) is 3.39. The highest BCUT2D eigenvalue weighted by atomic mass is 19.1. The Balaban J connectivity index is 1.65. The summed E-state index contributed by atoms with van der Waals surface area (Å²) in [6.07, 6.45) is 1.92. The Kier molecular flexibility index (Phi) is 4.23. The molecule has 0 spiro atoms. The molecule has 0 unspecified atom stereocenters. The summed E-state index contributed by atoms with van der Waals surface area (Å²) < 4.78 is 24.3. The second kappa shape index (κ2) is 6.48. The van der Waals surface area contributed by atoms with Crippen molar-refractivity contribution in [3.05, 3.63) is 65.7 Å². The van der Waals surface area contributed by atoms with Crippen LogP contribution in [0, 0.1) is 12.7 Å². The molecule has 6 heteroatoms. The van der Waals surface area contributed by atoms with Crippen molar-refractivity contribution in [2.75, 3.05) is 6.54 Å². The molecule has 118 valence electrons. The highest BCUT2D eigenvalue weighted by Gasteiger charge is 2.15. The van der Waals surface area contributed by atoms with Gasteiger partial charge in [0.1, 0.15) is 11.6 Å². The van der Waals surface area contributed by atoms with Crippen LogP contribution in [0.1, 0.15) is 22.0 Å². The van der Waals surface area contributed by atoms with Gasteiger partial charge in [-0.25, -0.2) is 9.37 Å². The average molecular weight is 314 g/mol. The number of aromatic nitrogens is 1. The zero-order chi connectivity index (χ0) is 16.2. The Bertz CT molecular complexity index is 809. The first-order chi connectivity index (χ1) is 11.1. The van der Waals surface area contributed by atoms with Gasteiger partial charge in [0, 0.05) is 13.0 Å².